The number of unbranched alkanes of at least 4 members (excludes halogenated alkanes) is 1. The number of aromatic nitrogens is 4. The Balaban J connectivity index is 1.09. The fourth-order valence-electron chi connectivity index (χ4n) is 17.2. The number of likely N-dealkylation sites (N-methyl/N-ethyl adjacent to an activating group) is 3. The lowest BCUT2D eigenvalue weighted by Gasteiger charge is -2.33. The molecule has 1 saturated carbocycles. The zero-order chi connectivity index (χ0) is 99.7. The maximum Gasteiger partial charge on any atom is 0.246 e. The topological polar surface area (TPSA) is 635 Å². The monoisotopic (exact) mass is 1920 g/mol. The van der Waals surface area contributed by atoms with Crippen molar-refractivity contribution in [2.75, 3.05) is 72.0 Å². The van der Waals surface area contributed by atoms with Gasteiger partial charge in [-0.05, 0) is 99.5 Å². The van der Waals surface area contributed by atoms with Gasteiger partial charge in [0.2, 0.25) is 94.5 Å². The number of aliphatic hydroxyl groups excluding tert-OH is 1. The van der Waals surface area contributed by atoms with E-state index in [-0.39, 0.29) is 83.2 Å². The predicted octanol–water partition coefficient (Wildman–Crippen LogP) is -0.793. The Morgan fingerprint density at radius 2 is 1.18 bits per heavy atom. The third kappa shape index (κ3) is 31.7. The Kier molecular flexibility index (Phi) is 41.0. The highest BCUT2D eigenvalue weighted by Crippen LogP contribution is 2.29. The van der Waals surface area contributed by atoms with Gasteiger partial charge >= 0.3 is 0 Å². The highest BCUT2D eigenvalue weighted by atomic mass is 32.2. The molecule has 1 aliphatic carbocycles. The van der Waals surface area contributed by atoms with Gasteiger partial charge in [0.15, 0.2) is 17.5 Å². The van der Waals surface area contributed by atoms with E-state index in [9.17, 15) is 62.6 Å². The molecule has 22 N–H and O–H groups in total. The molecule has 2 saturated heterocycles. The molecule has 0 bridgehead atoms. The van der Waals surface area contributed by atoms with Crippen LogP contribution in [0.1, 0.15) is 153 Å². The van der Waals surface area contributed by atoms with Gasteiger partial charge in [0.25, 0.3) is 0 Å². The number of primary amides is 2. The van der Waals surface area contributed by atoms with E-state index in [1.807, 2.05) is 6.92 Å². The molecule has 137 heavy (non-hydrogen) atoms. The first-order valence-electron chi connectivity index (χ1n) is 46.5. The number of H-pyrrole nitrogens is 3. The van der Waals surface area contributed by atoms with Crippen LogP contribution in [0.25, 0.3) is 21.8 Å². The van der Waals surface area contributed by atoms with Gasteiger partial charge < -0.3 is 115 Å². The van der Waals surface area contributed by atoms with E-state index < -0.39 is 253 Å². The number of aromatic amines is 3. The second-order valence-electron chi connectivity index (χ2n) is 35.8. The quantitative estimate of drug-likeness (QED) is 0.0180. The summed E-state index contributed by atoms with van der Waals surface area (Å²) >= 11 is 0.783. The molecule has 3 fully saturated rings. The third-order valence-electron chi connectivity index (χ3n) is 24.9. The van der Waals surface area contributed by atoms with Gasteiger partial charge in [0.1, 0.15) is 60.4 Å². The predicted molar refractivity (Wildman–Crippen MR) is 507 cm³/mol. The van der Waals surface area contributed by atoms with Crippen molar-refractivity contribution in [3.05, 3.63) is 126 Å². The van der Waals surface area contributed by atoms with Crippen LogP contribution in [0.3, 0.4) is 0 Å². The van der Waals surface area contributed by atoms with Crippen LogP contribution in [0, 0.1) is 29.1 Å². The van der Waals surface area contributed by atoms with E-state index in [1.54, 1.807) is 105 Å². The Bertz CT molecular complexity index is 5260. The number of nitrogens with one attached hydrogen (secondary N) is 15. The Hall–Kier alpha value is -13.6. The SMILES string of the molecule is CCCC[C@H]1C(=O)N[C@@H](CCCNC(=N)N)C(=O)N[C@H](C(=O)NCC(N)=O)CSCC(=O)N[C@@H](Cc2ccccc2)C(=O)N(C)[C@@H](C)C(=O)N[C@@H](CC(N)=O)C(=O)N2CCC[C@H]2C(=O)N[C@@H](Cc2cnc[nH]2)C(=O)N[C@@H](CC(C)C)C(=O)N(C)CC(=O)C[C@@H](Cc2c[nH]c3ccccc23)C(=O)N[C@@H](CO)C(=O)N[C@@H](Cc2c[nH]c3ccccc23)C(=O)C[C@@H](CNC(=O)C2CCCCC2)C(=O)N1C. The van der Waals surface area contributed by atoms with Crippen LogP contribution in [0.4, 0.5) is 0 Å². The first-order valence-corrected chi connectivity index (χ1v) is 47.6. The lowest BCUT2D eigenvalue weighted by Crippen LogP contribution is -2.60. The molecule has 0 spiro atoms. The van der Waals surface area contributed by atoms with Crippen molar-refractivity contribution < 1.29 is 91.4 Å². The second-order valence-corrected chi connectivity index (χ2v) is 36.8. The molecule has 6 aromatic rings. The number of hydrogen-bond donors (Lipinski definition) is 19. The van der Waals surface area contributed by atoms with Crippen LogP contribution in [0.15, 0.2) is 104 Å². The van der Waals surface area contributed by atoms with Gasteiger partial charge in [-0.15, -0.1) is 11.8 Å². The first kappa shape index (κ1) is 107. The maximum atomic E-state index is 15.8. The summed E-state index contributed by atoms with van der Waals surface area (Å²) in [5.74, 6) is -20.7. The van der Waals surface area contributed by atoms with E-state index >= 15 is 28.8 Å². The van der Waals surface area contributed by atoms with E-state index in [0.717, 1.165) is 50.6 Å². The molecule has 3 aromatic carbocycles. The van der Waals surface area contributed by atoms with Crippen molar-refractivity contribution in [3.8, 4) is 0 Å². The minimum Gasteiger partial charge on any atom is -0.394 e. The fraction of sp³-hybridized carbons (Fsp3) is 0.532. The molecule has 13 atom stereocenters. The number of hydrogen-bond acceptors (Lipinski definition) is 22. The zero-order valence-corrected chi connectivity index (χ0v) is 79.3. The minimum absolute atomic E-state index is 0.0140. The van der Waals surface area contributed by atoms with E-state index in [4.69, 9.17) is 22.6 Å². The number of nitrogens with zero attached hydrogens (tertiary/aromatic N) is 5. The number of Topliss-reactive ketones (excluding diaryl/α,β-unsaturated/α-hetero) is 2. The van der Waals surface area contributed by atoms with Crippen molar-refractivity contribution in [3.63, 3.8) is 0 Å². The molecular weight excluding hydrogens is 1790 g/mol. The van der Waals surface area contributed by atoms with Crippen LogP contribution in [-0.4, -0.2) is 295 Å². The summed E-state index contributed by atoms with van der Waals surface area (Å²) < 4.78 is 0. The first-order chi connectivity index (χ1) is 65.4. The van der Waals surface area contributed by atoms with Gasteiger partial charge in [-0.3, -0.25) is 91.7 Å². The number of rotatable bonds is 26. The number of aliphatic hydroxyl groups is 1. The number of fused-ring (bicyclic) bond motifs is 3. The number of ketones is 2. The van der Waals surface area contributed by atoms with Crippen LogP contribution < -0.4 is 75.7 Å². The molecule has 3 aliphatic rings. The number of carbonyl (C=O) groups excluding carboxylic acids is 18. The van der Waals surface area contributed by atoms with Crippen molar-refractivity contribution in [1.29, 1.82) is 5.41 Å². The number of para-hydroxylation sites is 2. The third-order valence-corrected chi connectivity index (χ3v) is 25.9. The molecule has 742 valence electrons. The average Bonchev–Trinajstić information content (AvgIpc) is 1.36. The van der Waals surface area contributed by atoms with E-state index in [0.29, 0.717) is 69.9 Å². The van der Waals surface area contributed by atoms with Crippen LogP contribution in [0.5, 0.6) is 0 Å². The normalized spacial score (nSPS) is 23.9. The Morgan fingerprint density at radius 1 is 0.562 bits per heavy atom. The van der Waals surface area contributed by atoms with Gasteiger partial charge in [-0.25, -0.2) is 4.98 Å². The lowest BCUT2D eigenvalue weighted by atomic mass is 9.88. The summed E-state index contributed by atoms with van der Waals surface area (Å²) in [6.45, 7) is 3.66. The number of carbonyl (C=O) groups is 18. The van der Waals surface area contributed by atoms with Crippen LogP contribution in [0.2, 0.25) is 0 Å². The Morgan fingerprint density at radius 3 is 1.82 bits per heavy atom. The number of imidazole rings is 1. The summed E-state index contributed by atoms with van der Waals surface area (Å²) in [6, 6.07) is 5.69. The second kappa shape index (κ2) is 52.5. The maximum absolute atomic E-state index is 15.8. The van der Waals surface area contributed by atoms with Gasteiger partial charge in [0.05, 0.1) is 50.2 Å². The number of guanidine groups is 1. The van der Waals surface area contributed by atoms with Gasteiger partial charge in [0, 0.05) is 137 Å². The van der Waals surface area contributed by atoms with Gasteiger partial charge in [-0.2, -0.15) is 0 Å². The standard InChI is InChI=1S/C94H131N23O19S/c1-8-9-31-75-88(131)107-67(30-20-33-100-94(97)98)85(128)113-74(84(127)104-47-79(96)122)50-137-51-80(123)106-71(36-55-22-12-10-13-23-55)92(135)115(6)54(4)81(124)110-72(42-78(95)121)93(136)117-34-21-32-76(117)89(132)109-69(41-61-46-99-52-105-61)86(129)111-70(35-53(2)3)91(134)114(5)48-62(119)38-57(37-58-43-101-65-28-18-16-26-63(58)65)83(126)112-73(49-118)87(130)108-68(39-59-44-102-66-29-19-17-27-64(59)66)77(120)40-60(90(133)116(75)7)45-103-82(125)56-24-14-11-15-25-56/h10,12-13,16-19,22-23,26-29,43-44,46,52-54,56-57,60,67-76,101-102,118H,8-9,11,14-15,20-21,24-25,30-42,45,47-51H2,1-7H3,(H2,95,121)(H2,96,122)(H,99,105)(H,103,125)(H,104,127)(H,106,123)(H,107,131)(H,108,130)(H,109,132)(H,110,124)(H,111,129)(H,112,126)(H,113,128)(H4,97,98,100)/t54-,57+,60-,67-,68-,69-,70-,71-,72-,73-,74-,75-,76-/m0/s1. The zero-order valence-electron chi connectivity index (χ0n) is 78.4. The molecule has 42 nitrogen and oxygen atoms in total. The summed E-state index contributed by atoms with van der Waals surface area (Å²) in [7, 11) is 3.88. The van der Waals surface area contributed by atoms with Crippen molar-refractivity contribution in [2.45, 2.75) is 223 Å². The number of nitrogens with two attached hydrogens (primary N) is 3. The summed E-state index contributed by atoms with van der Waals surface area (Å²) in [5.41, 5.74) is 20.1. The van der Waals surface area contributed by atoms with E-state index in [1.165, 1.54) is 40.6 Å². The molecule has 9 rings (SSSR count). The molecule has 0 unspecified atom stereocenters. The smallest absolute Gasteiger partial charge is 0.246 e. The summed E-state index contributed by atoms with van der Waals surface area (Å²) in [5, 5.41) is 49.8. The van der Waals surface area contributed by atoms with Crippen LogP contribution in [-0.2, 0) is 112 Å². The highest BCUT2D eigenvalue weighted by molar-refractivity contribution is 8.00. The molecule has 5 heterocycles. The van der Waals surface area contributed by atoms with Crippen molar-refractivity contribution in [1.82, 2.24) is 98.0 Å². The van der Waals surface area contributed by atoms with Crippen molar-refractivity contribution >= 4 is 146 Å². The van der Waals surface area contributed by atoms with Gasteiger partial charge in [-0.1, -0.05) is 120 Å². The molecule has 0 radical (unpaired) electrons. The van der Waals surface area contributed by atoms with Crippen LogP contribution >= 0.6 is 11.8 Å². The summed E-state index contributed by atoms with van der Waals surface area (Å²) in [4.78, 5) is 281. The molecule has 3 aromatic heterocycles. The van der Waals surface area contributed by atoms with E-state index in [2.05, 4.69) is 78.4 Å². The minimum atomic E-state index is -1.84. The fourth-order valence-corrected chi connectivity index (χ4v) is 18.1. The number of benzene rings is 3. The largest absolute Gasteiger partial charge is 0.394 e. The average molecular weight is 1920 g/mol. The van der Waals surface area contributed by atoms with Crippen molar-refractivity contribution in [2.24, 2.45) is 40.9 Å². The highest BCUT2D eigenvalue weighted by Gasteiger charge is 2.44. The summed E-state index contributed by atoms with van der Waals surface area (Å²) in [6.07, 6.45) is 7.22. The lowest BCUT2D eigenvalue weighted by molar-refractivity contribution is -0.145. The number of thioether (sulfide) groups is 1. The Labute approximate surface area is 798 Å². The molecule has 16 amide bonds. The molecule has 43 heteroatoms. The molecule has 2 aliphatic heterocycles. The number of amides is 16. The molecular formula is C94H131N23O19S.